The van der Waals surface area contributed by atoms with E-state index in [0.717, 1.165) is 0 Å². The Morgan fingerprint density at radius 3 is 2.34 bits per heavy atom. The summed E-state index contributed by atoms with van der Waals surface area (Å²) in [5.41, 5.74) is -7.00. The molecule has 29 heavy (non-hydrogen) atoms. The summed E-state index contributed by atoms with van der Waals surface area (Å²) in [6.07, 6.45) is -1.29. The summed E-state index contributed by atoms with van der Waals surface area (Å²) in [4.78, 5) is 25.5. The van der Waals surface area contributed by atoms with E-state index in [2.05, 4.69) is 6.58 Å². The van der Waals surface area contributed by atoms with Gasteiger partial charge in [-0.15, -0.1) is 6.58 Å². The van der Waals surface area contributed by atoms with Crippen LogP contribution in [0.1, 0.15) is 60.8 Å². The first-order valence-corrected chi connectivity index (χ1v) is 10.2. The number of ketones is 1. The fourth-order valence-corrected chi connectivity index (χ4v) is 6.66. The average Bonchev–Trinajstić information content (AvgIpc) is 2.59. The van der Waals surface area contributed by atoms with Crippen LogP contribution >= 0.6 is 0 Å². The molecule has 0 aromatic rings. The van der Waals surface area contributed by atoms with Crippen LogP contribution in [0.3, 0.4) is 0 Å². The van der Waals surface area contributed by atoms with Gasteiger partial charge < -0.3 is 24.8 Å². The van der Waals surface area contributed by atoms with E-state index in [-0.39, 0.29) is 6.42 Å². The van der Waals surface area contributed by atoms with Crippen molar-refractivity contribution in [1.29, 1.82) is 0 Å². The quantitative estimate of drug-likeness (QED) is 0.467. The van der Waals surface area contributed by atoms with Crippen molar-refractivity contribution in [1.82, 2.24) is 0 Å². The number of Topliss-reactive ketones (excluding diaryl/α,β-unsaturated/α-hetero) is 1. The van der Waals surface area contributed by atoms with Crippen molar-refractivity contribution in [2.75, 3.05) is 0 Å². The van der Waals surface area contributed by atoms with Crippen LogP contribution in [0.2, 0.25) is 0 Å². The maximum atomic E-state index is 13.6. The second-order valence-electron chi connectivity index (χ2n) is 10.4. The minimum atomic E-state index is -2.18. The number of aliphatic hydroxyl groups excluding tert-OH is 2. The van der Waals surface area contributed by atoms with Gasteiger partial charge in [-0.1, -0.05) is 26.8 Å². The predicted molar refractivity (Wildman–Crippen MR) is 105 cm³/mol. The third-order valence-electron chi connectivity index (χ3n) is 8.02. The number of fused-ring (bicyclic) bond motifs is 3. The van der Waals surface area contributed by atoms with Crippen LogP contribution in [0, 0.1) is 16.7 Å². The van der Waals surface area contributed by atoms with Gasteiger partial charge in [0.2, 0.25) is 0 Å². The first-order valence-electron chi connectivity index (χ1n) is 10.2. The Morgan fingerprint density at radius 2 is 1.83 bits per heavy atom. The first kappa shape index (κ1) is 22.4. The van der Waals surface area contributed by atoms with Gasteiger partial charge in [-0.3, -0.25) is 9.59 Å². The Morgan fingerprint density at radius 1 is 1.24 bits per heavy atom. The van der Waals surface area contributed by atoms with Gasteiger partial charge in [-0.05, 0) is 32.1 Å². The van der Waals surface area contributed by atoms with Crippen molar-refractivity contribution < 1.29 is 34.4 Å². The van der Waals surface area contributed by atoms with Gasteiger partial charge in [0.15, 0.2) is 17.5 Å². The zero-order valence-electron chi connectivity index (χ0n) is 18.2. The lowest BCUT2D eigenvalue weighted by Gasteiger charge is -2.71. The van der Waals surface area contributed by atoms with E-state index in [9.17, 15) is 24.9 Å². The molecular formula is C22H34O7. The van der Waals surface area contributed by atoms with Crippen molar-refractivity contribution in [2.24, 2.45) is 16.7 Å². The lowest BCUT2D eigenvalue weighted by atomic mass is 9.40. The van der Waals surface area contributed by atoms with E-state index in [1.54, 1.807) is 13.8 Å². The summed E-state index contributed by atoms with van der Waals surface area (Å²) in [6, 6.07) is 0. The molecule has 0 amide bonds. The summed E-state index contributed by atoms with van der Waals surface area (Å²) in [6.45, 7) is 13.6. The summed E-state index contributed by atoms with van der Waals surface area (Å²) in [7, 11) is 0. The third-order valence-corrected chi connectivity index (χ3v) is 8.02. The highest BCUT2D eigenvalue weighted by atomic mass is 16.6. The summed E-state index contributed by atoms with van der Waals surface area (Å²) in [5.74, 6) is -1.87. The zero-order chi connectivity index (χ0) is 22.2. The standard InChI is InChI=1S/C22H34O7/c1-8-19(5)11-14(25)22(27)20(6)13(24)9-10-18(3,4)16(20)15(26)17(28-12(2)23)21(22,7)29-19/h8,13,15-17,24,26-27H,1,9-11H2,2-7H3/t13-,15+,16+,17-,19-,20-,21+,22+/m0/s1. The van der Waals surface area contributed by atoms with E-state index in [1.807, 2.05) is 13.8 Å². The highest BCUT2D eigenvalue weighted by Gasteiger charge is 2.81. The molecule has 0 bridgehead atoms. The van der Waals surface area contributed by atoms with E-state index < -0.39 is 63.6 Å². The lowest BCUT2D eigenvalue weighted by Crippen LogP contribution is -2.86. The fraction of sp³-hybridized carbons (Fsp3) is 0.818. The van der Waals surface area contributed by atoms with E-state index >= 15 is 0 Å². The van der Waals surface area contributed by atoms with Gasteiger partial charge in [0.05, 0.1) is 17.8 Å². The Kier molecular flexibility index (Phi) is 4.91. The van der Waals surface area contributed by atoms with E-state index in [4.69, 9.17) is 9.47 Å². The molecule has 7 heteroatoms. The van der Waals surface area contributed by atoms with Crippen molar-refractivity contribution in [3.63, 3.8) is 0 Å². The van der Waals surface area contributed by atoms with Crippen LogP contribution in [0.25, 0.3) is 0 Å². The van der Waals surface area contributed by atoms with Crippen LogP contribution in [0.15, 0.2) is 12.7 Å². The summed E-state index contributed by atoms with van der Waals surface area (Å²) in [5, 5.41) is 34.7. The smallest absolute Gasteiger partial charge is 0.303 e. The molecule has 0 radical (unpaired) electrons. The highest BCUT2D eigenvalue weighted by molar-refractivity contribution is 5.92. The monoisotopic (exact) mass is 410 g/mol. The van der Waals surface area contributed by atoms with Crippen molar-refractivity contribution in [3.05, 3.63) is 12.7 Å². The Hall–Kier alpha value is -1.28. The van der Waals surface area contributed by atoms with Crippen LogP contribution in [0.4, 0.5) is 0 Å². The van der Waals surface area contributed by atoms with Crippen molar-refractivity contribution in [3.8, 4) is 0 Å². The number of esters is 1. The molecule has 164 valence electrons. The normalized spacial score (nSPS) is 51.6. The van der Waals surface area contributed by atoms with Crippen LogP contribution in [-0.2, 0) is 19.1 Å². The number of aliphatic hydroxyl groups is 3. The Labute approximate surface area is 172 Å². The molecular weight excluding hydrogens is 376 g/mol. The summed E-state index contributed by atoms with van der Waals surface area (Å²) >= 11 is 0. The minimum absolute atomic E-state index is 0.138. The van der Waals surface area contributed by atoms with Gasteiger partial charge in [-0.25, -0.2) is 0 Å². The Balaban J connectivity index is 2.33. The zero-order valence-corrected chi connectivity index (χ0v) is 18.2. The molecule has 3 fully saturated rings. The molecule has 0 unspecified atom stereocenters. The topological polar surface area (TPSA) is 113 Å². The van der Waals surface area contributed by atoms with Crippen LogP contribution in [0.5, 0.6) is 0 Å². The molecule has 1 saturated heterocycles. The van der Waals surface area contributed by atoms with E-state index in [1.165, 1.54) is 19.9 Å². The third kappa shape index (κ3) is 2.63. The molecule has 0 spiro atoms. The van der Waals surface area contributed by atoms with Gasteiger partial charge in [0.25, 0.3) is 0 Å². The molecule has 8 atom stereocenters. The van der Waals surface area contributed by atoms with Gasteiger partial charge in [0.1, 0.15) is 5.60 Å². The molecule has 1 heterocycles. The SMILES string of the molecule is C=C[C@@]1(C)CC(=O)[C@@]2(O)[C@]3(C)[C@H]([C@@H](O)[C@H](OC(C)=O)[C@@]2(C)O1)C(C)(C)CC[C@@H]3O. The Bertz CT molecular complexity index is 747. The fourth-order valence-electron chi connectivity index (χ4n) is 6.66. The van der Waals surface area contributed by atoms with E-state index in [0.29, 0.717) is 12.8 Å². The molecule has 0 aromatic carbocycles. The molecule has 0 aromatic heterocycles. The van der Waals surface area contributed by atoms with Crippen LogP contribution in [-0.4, -0.2) is 62.2 Å². The number of hydrogen-bond acceptors (Lipinski definition) is 7. The summed E-state index contributed by atoms with van der Waals surface area (Å²) < 4.78 is 11.8. The molecule has 2 aliphatic carbocycles. The minimum Gasteiger partial charge on any atom is -0.457 e. The lowest BCUT2D eigenvalue weighted by molar-refractivity contribution is -0.370. The molecule has 3 N–H and O–H groups in total. The molecule has 3 rings (SSSR count). The van der Waals surface area contributed by atoms with Gasteiger partial charge in [-0.2, -0.15) is 0 Å². The number of rotatable bonds is 2. The molecule has 2 saturated carbocycles. The number of ether oxygens (including phenoxy) is 2. The maximum Gasteiger partial charge on any atom is 0.303 e. The van der Waals surface area contributed by atoms with Crippen molar-refractivity contribution in [2.45, 2.75) is 95.9 Å². The second kappa shape index (κ2) is 6.36. The number of carbonyl (C=O) groups is 2. The molecule has 1 aliphatic heterocycles. The largest absolute Gasteiger partial charge is 0.457 e. The number of carbonyl (C=O) groups excluding carboxylic acids is 2. The first-order chi connectivity index (χ1) is 13.1. The number of hydrogen-bond donors (Lipinski definition) is 3. The highest BCUT2D eigenvalue weighted by Crippen LogP contribution is 2.66. The van der Waals surface area contributed by atoms with Crippen LogP contribution < -0.4 is 0 Å². The average molecular weight is 411 g/mol. The maximum absolute atomic E-state index is 13.6. The van der Waals surface area contributed by atoms with Gasteiger partial charge >= 0.3 is 5.97 Å². The molecule has 7 nitrogen and oxygen atoms in total. The van der Waals surface area contributed by atoms with Gasteiger partial charge in [0, 0.05) is 24.7 Å². The van der Waals surface area contributed by atoms with Crippen molar-refractivity contribution >= 4 is 11.8 Å². The second-order valence-corrected chi connectivity index (χ2v) is 10.4. The predicted octanol–water partition coefficient (Wildman–Crippen LogP) is 1.52. The molecule has 3 aliphatic rings.